The maximum Gasteiger partial charge on any atom is 0.106 e. The van der Waals surface area contributed by atoms with Crippen molar-refractivity contribution in [2.45, 2.75) is 81.4 Å². The van der Waals surface area contributed by atoms with Gasteiger partial charge in [-0.05, 0) is 69.2 Å². The van der Waals surface area contributed by atoms with Gasteiger partial charge in [-0.15, -0.1) is 0 Å². The van der Waals surface area contributed by atoms with Crippen LogP contribution >= 0.6 is 0 Å². The number of aliphatic hydroxyl groups is 2. The average molecular weight is 434 g/mol. The van der Waals surface area contributed by atoms with Crippen molar-refractivity contribution < 1.29 is 51.2 Å². The van der Waals surface area contributed by atoms with Gasteiger partial charge in [0.15, 0.2) is 0 Å². The minimum absolute atomic E-state index is 0. The van der Waals surface area contributed by atoms with Gasteiger partial charge in [-0.3, -0.25) is 0 Å². The molecule has 0 aromatic carbocycles. The third-order valence-electron chi connectivity index (χ3n) is 2.66. The summed E-state index contributed by atoms with van der Waals surface area (Å²) in [6.45, 7) is 20.8. The number of rotatable bonds is 8. The quantitative estimate of drug-likeness (QED) is 0.345. The Morgan fingerprint density at radius 3 is 0.815 bits per heavy atom. The zero-order valence-electron chi connectivity index (χ0n) is 19.3. The normalized spacial score (nSPS) is 10.7. The Morgan fingerprint density at radius 1 is 0.630 bits per heavy atom. The molecule has 0 amide bonds. The largest absolute Gasteiger partial charge is 0.598 e. The second-order valence-electron chi connectivity index (χ2n) is 5.92. The summed E-state index contributed by atoms with van der Waals surface area (Å²) >= 11 is 0. The molecule has 0 heterocycles. The van der Waals surface area contributed by atoms with Crippen LogP contribution in [0.1, 0.15) is 69.2 Å². The number of hydrogen-bond acceptors (Lipinski definition) is 6. The SMILES string of the molecule is CC(C)O.CC(C)O.CCO[N+]([O-])(CC)CC.CCO[N+]([O-])(CC)CC.[Ti]. The Hall–Kier alpha value is 0.394. The fourth-order valence-corrected chi connectivity index (χ4v) is 1.28. The first-order valence-corrected chi connectivity index (χ1v) is 9.64. The van der Waals surface area contributed by atoms with Crippen LogP contribution in [0.5, 0.6) is 0 Å². The predicted octanol–water partition coefficient (Wildman–Crippen LogP) is 3.36. The molecule has 0 saturated heterocycles. The van der Waals surface area contributed by atoms with Crippen LogP contribution in [0.25, 0.3) is 0 Å². The molecule has 0 rings (SSSR count). The van der Waals surface area contributed by atoms with Crippen molar-refractivity contribution in [2.24, 2.45) is 0 Å². The first-order chi connectivity index (χ1) is 11.8. The van der Waals surface area contributed by atoms with Gasteiger partial charge in [-0.2, -0.15) is 0 Å². The fourth-order valence-electron chi connectivity index (χ4n) is 1.28. The Labute approximate surface area is 182 Å². The minimum atomic E-state index is -0.517. The predicted molar refractivity (Wildman–Crippen MR) is 107 cm³/mol. The average Bonchev–Trinajstić information content (AvgIpc) is 2.54. The molecular weight excluding hydrogens is 388 g/mol. The van der Waals surface area contributed by atoms with Gasteiger partial charge in [0.1, 0.15) is 39.4 Å². The molecule has 0 aliphatic heterocycles. The van der Waals surface area contributed by atoms with Gasteiger partial charge in [0.05, 0.1) is 0 Å². The molecule has 0 unspecified atom stereocenters. The van der Waals surface area contributed by atoms with Crippen LogP contribution in [0.15, 0.2) is 0 Å². The molecule has 27 heavy (non-hydrogen) atoms. The zero-order chi connectivity index (χ0) is 21.8. The minimum Gasteiger partial charge on any atom is -0.598 e. The van der Waals surface area contributed by atoms with Crippen molar-refractivity contribution in [2.75, 3.05) is 39.4 Å². The standard InChI is InChI=1S/2C6H15NO2.2C3H8O.Ti/c2*1-4-7(8,5-2)9-6-3;2*1-3(2)4;/h2*4-6H2,1-3H3;2*3-4H,1-2H3;. The molecule has 9 heteroatoms. The third-order valence-corrected chi connectivity index (χ3v) is 2.66. The van der Waals surface area contributed by atoms with Crippen molar-refractivity contribution in [1.82, 2.24) is 0 Å². The molecule has 0 saturated carbocycles. The molecule has 2 N–H and O–H groups in total. The van der Waals surface area contributed by atoms with E-state index < -0.39 is 9.62 Å². The van der Waals surface area contributed by atoms with Gasteiger partial charge >= 0.3 is 0 Å². The summed E-state index contributed by atoms with van der Waals surface area (Å²) in [5.74, 6) is 0. The molecule has 0 aliphatic carbocycles. The van der Waals surface area contributed by atoms with Gasteiger partial charge in [-0.1, -0.05) is 0 Å². The summed E-state index contributed by atoms with van der Waals surface area (Å²) in [5.41, 5.74) is 0. The van der Waals surface area contributed by atoms with Crippen LogP contribution in [0.2, 0.25) is 0 Å². The molecule has 0 aromatic heterocycles. The van der Waals surface area contributed by atoms with E-state index in [-0.39, 0.29) is 33.9 Å². The summed E-state index contributed by atoms with van der Waals surface area (Å²) in [6.07, 6.45) is -0.333. The molecule has 8 nitrogen and oxygen atoms in total. The van der Waals surface area contributed by atoms with Crippen LogP contribution in [0.4, 0.5) is 0 Å². The summed E-state index contributed by atoms with van der Waals surface area (Å²) in [6, 6.07) is 0. The zero-order valence-corrected chi connectivity index (χ0v) is 20.9. The molecule has 168 valence electrons. The van der Waals surface area contributed by atoms with Crippen LogP contribution < -0.4 is 0 Å². The van der Waals surface area contributed by atoms with Gasteiger partial charge < -0.3 is 20.6 Å². The van der Waals surface area contributed by atoms with Crippen LogP contribution in [0, 0.1) is 10.4 Å². The van der Waals surface area contributed by atoms with Gasteiger partial charge in [0, 0.05) is 33.9 Å². The molecule has 0 aliphatic rings. The molecule has 0 fully saturated rings. The van der Waals surface area contributed by atoms with Gasteiger partial charge in [0.2, 0.25) is 0 Å². The van der Waals surface area contributed by atoms with Crippen LogP contribution in [-0.2, 0) is 31.4 Å². The Bertz CT molecular complexity index is 233. The van der Waals surface area contributed by atoms with E-state index >= 15 is 0 Å². The van der Waals surface area contributed by atoms with E-state index in [0.717, 1.165) is 0 Å². The van der Waals surface area contributed by atoms with Gasteiger partial charge in [0.25, 0.3) is 0 Å². The van der Waals surface area contributed by atoms with E-state index in [2.05, 4.69) is 0 Å². The summed E-state index contributed by atoms with van der Waals surface area (Å²) in [5, 5.41) is 38.4. The van der Waals surface area contributed by atoms with Crippen LogP contribution in [-0.4, -0.2) is 71.4 Å². The number of hydrogen-bond donors (Lipinski definition) is 2. The maximum atomic E-state index is 11.2. The van der Waals surface area contributed by atoms with Crippen molar-refractivity contribution >= 4 is 0 Å². The van der Waals surface area contributed by atoms with E-state index in [9.17, 15) is 10.4 Å². The summed E-state index contributed by atoms with van der Waals surface area (Å²) < 4.78 is 0. The Kier molecular flexibility index (Phi) is 34.4. The first-order valence-electron chi connectivity index (χ1n) is 9.64. The fraction of sp³-hybridized carbons (Fsp3) is 1.00. The van der Waals surface area contributed by atoms with Crippen molar-refractivity contribution in [3.8, 4) is 0 Å². The van der Waals surface area contributed by atoms with Crippen LogP contribution in [0.3, 0.4) is 0 Å². The van der Waals surface area contributed by atoms with Gasteiger partial charge in [-0.25, -0.2) is 19.3 Å². The molecule has 0 radical (unpaired) electrons. The monoisotopic (exact) mass is 434 g/mol. The molecule has 0 aromatic rings. The number of quaternary nitrogens is 2. The molecule has 0 atom stereocenters. The van der Waals surface area contributed by atoms with E-state index in [1.54, 1.807) is 27.7 Å². The second kappa shape index (κ2) is 24.4. The van der Waals surface area contributed by atoms with E-state index in [4.69, 9.17) is 19.9 Å². The number of aliphatic hydroxyl groups excluding tert-OH is 2. The van der Waals surface area contributed by atoms with Crippen molar-refractivity contribution in [3.63, 3.8) is 0 Å². The molecule has 0 spiro atoms. The van der Waals surface area contributed by atoms with E-state index in [1.807, 2.05) is 41.5 Å². The maximum absolute atomic E-state index is 11.2. The summed E-state index contributed by atoms with van der Waals surface area (Å²) in [4.78, 5) is 8.78. The second-order valence-corrected chi connectivity index (χ2v) is 5.92. The van der Waals surface area contributed by atoms with Crippen molar-refractivity contribution in [1.29, 1.82) is 0 Å². The molecule has 0 bridgehead atoms. The van der Waals surface area contributed by atoms with E-state index in [1.165, 1.54) is 0 Å². The Balaban J connectivity index is -0.0000000843. The van der Waals surface area contributed by atoms with Crippen molar-refractivity contribution in [3.05, 3.63) is 10.4 Å². The van der Waals surface area contributed by atoms with E-state index in [0.29, 0.717) is 39.4 Å². The first kappa shape index (κ1) is 38.1. The topological polar surface area (TPSA) is 105 Å². The molecular formula is C18H46N2O6Ti. The number of nitrogens with zero attached hydrogens (tertiary/aromatic N) is 2. The smallest absolute Gasteiger partial charge is 0.106 e. The third kappa shape index (κ3) is 37.8. The summed E-state index contributed by atoms with van der Waals surface area (Å²) in [7, 11) is 0. The number of hydroxylamine groups is 8. The Morgan fingerprint density at radius 2 is 0.778 bits per heavy atom.